The number of benzene rings is 3. The standard InChI is InChI=1S/C27H36FN3O5.C25H32FN3O5.C20H24FN3O3.ClH.Na.H2O/c1-7-35-25(33)20-12-18-13-21(28)23(15(2)22(18)31(24(20)32)19-8-9-19)30-11-10-17(14-30)16(3)29-26(34)36-27(4,5)6;1-13-20-16(10-18(23(31)32)22(30)29(20)17-6-7-17)11-19(26)21(13)28-9-8-15(12-28)14(2)27-24(33)34-25(3,4)5;1-10-17-13(7-15(20(26)27)19(25)24(17)14-3-4-14)8-16(21)18(10)23-6-5-12(9-23)11(2)22;;;/h12-13,16-17,19H,7-11,14H2,1-6H3,(H,29,34);10-11,14-15,17H,6-9,12H2,1-5H3,(H,27,33)(H,31,32);7-8,11-12,14H,3-6,9,22H2,1-2H3,(H,26,27);1H;;1H2/q;;;;+1;/p-1/t16-,17-;14-,15-;11-,12-;;;/m000.../s1. The first kappa shape index (κ1) is 80.0. The summed E-state index contributed by atoms with van der Waals surface area (Å²) in [7, 11) is 0. The Kier molecular flexibility index (Phi) is 25.2. The van der Waals surface area contributed by atoms with Gasteiger partial charge in [-0.1, -0.05) is 0 Å². The minimum Gasteiger partial charge on any atom is -0.870 e. The number of nitrogens with two attached hydrogens (primary N) is 1. The van der Waals surface area contributed by atoms with Gasteiger partial charge in [0, 0.05) is 91.7 Å². The predicted molar refractivity (Wildman–Crippen MR) is 375 cm³/mol. The van der Waals surface area contributed by atoms with Crippen molar-refractivity contribution in [2.24, 2.45) is 23.5 Å². The average Bonchev–Trinajstić information content (AvgIpc) is 0.805. The molecule has 3 saturated heterocycles. The predicted octanol–water partition coefficient (Wildman–Crippen LogP) is 8.83. The van der Waals surface area contributed by atoms with Gasteiger partial charge in [-0.25, -0.2) is 37.1 Å². The molecule has 2 amide bonds. The smallest absolute Gasteiger partial charge is 0.870 e. The summed E-state index contributed by atoms with van der Waals surface area (Å²) in [6.07, 6.45) is 6.45. The minimum atomic E-state index is -1.31. The van der Waals surface area contributed by atoms with Crippen LogP contribution in [0.15, 0.2) is 50.8 Å². The van der Waals surface area contributed by atoms with Crippen LogP contribution < -0.4 is 77.3 Å². The largest absolute Gasteiger partial charge is 1.00 e. The number of pyridine rings is 3. The maximum Gasteiger partial charge on any atom is 1.00 e. The van der Waals surface area contributed by atoms with Gasteiger partial charge in [-0.2, -0.15) is 0 Å². The Morgan fingerprint density at radius 1 is 0.530 bits per heavy atom. The maximum atomic E-state index is 15.6. The third-order valence-electron chi connectivity index (χ3n) is 19.4. The van der Waals surface area contributed by atoms with E-state index in [1.807, 2.05) is 70.1 Å². The van der Waals surface area contributed by atoms with Crippen molar-refractivity contribution in [1.82, 2.24) is 24.3 Å². The average molecular weight is 1430 g/mol. The van der Waals surface area contributed by atoms with E-state index < -0.39 is 69.6 Å². The number of hydrogen-bond acceptors (Lipinski definition) is 16. The van der Waals surface area contributed by atoms with E-state index in [0.29, 0.717) is 105 Å². The summed E-state index contributed by atoms with van der Waals surface area (Å²) < 4.78 is 66.5. The molecule has 23 nitrogen and oxygen atoms in total. The van der Waals surface area contributed by atoms with Crippen molar-refractivity contribution < 1.29 is 96.6 Å². The molecule has 100 heavy (non-hydrogen) atoms. The van der Waals surface area contributed by atoms with Gasteiger partial charge in [0.2, 0.25) is 0 Å². The Morgan fingerprint density at radius 3 is 1.09 bits per heavy atom. The number of rotatable bonds is 15. The summed E-state index contributed by atoms with van der Waals surface area (Å²) in [5.74, 6) is -3.99. The molecule has 3 saturated carbocycles. The molecule has 6 aliphatic rings. The van der Waals surface area contributed by atoms with Crippen molar-refractivity contribution in [1.29, 1.82) is 0 Å². The Morgan fingerprint density at radius 2 is 0.820 bits per heavy atom. The van der Waals surface area contributed by atoms with Crippen molar-refractivity contribution in [2.45, 2.75) is 195 Å². The molecule has 6 atom stereocenters. The number of hydrogen-bond donors (Lipinski definition) is 5. The second-order valence-electron chi connectivity index (χ2n) is 29.2. The van der Waals surface area contributed by atoms with E-state index in [0.717, 1.165) is 64.3 Å². The van der Waals surface area contributed by atoms with Gasteiger partial charge in [-0.05, 0) is 219 Å². The van der Waals surface area contributed by atoms with E-state index in [9.17, 15) is 48.6 Å². The molecule has 6 aromatic rings. The number of aryl methyl sites for hydroxylation is 3. The number of nitrogens with zero attached hydrogens (tertiary/aromatic N) is 6. The fourth-order valence-corrected chi connectivity index (χ4v) is 14.3. The van der Waals surface area contributed by atoms with Gasteiger partial charge in [-0.3, -0.25) is 14.4 Å². The quantitative estimate of drug-likeness (QED) is 0.0364. The van der Waals surface area contributed by atoms with Crippen LogP contribution in [-0.4, -0.2) is 135 Å². The summed E-state index contributed by atoms with van der Waals surface area (Å²) in [5.41, 5.74) is 8.00. The van der Waals surface area contributed by atoms with Crippen molar-refractivity contribution in [3.63, 3.8) is 0 Å². The molecule has 3 aromatic heterocycles. The molecule has 7 N–H and O–H groups in total. The number of aromatic carboxylic acids is 2. The molecule has 0 spiro atoms. The summed E-state index contributed by atoms with van der Waals surface area (Å²) in [5, 5.41) is 26.0. The van der Waals surface area contributed by atoms with E-state index in [1.165, 1.54) is 41.0 Å². The Balaban J connectivity index is 0.000000209. The number of amides is 2. The molecular weight excluding hydrogens is 1330 g/mol. The molecule has 540 valence electrons. The van der Waals surface area contributed by atoms with Gasteiger partial charge in [0.05, 0.1) is 40.2 Å². The summed E-state index contributed by atoms with van der Waals surface area (Å²) in [4.78, 5) is 105. The molecule has 0 bridgehead atoms. The van der Waals surface area contributed by atoms with Crippen LogP contribution in [0, 0.1) is 56.0 Å². The number of carbonyl (C=O) groups excluding carboxylic acids is 3. The van der Waals surface area contributed by atoms with Crippen molar-refractivity contribution in [2.75, 3.05) is 60.6 Å². The van der Waals surface area contributed by atoms with E-state index in [-0.39, 0.29) is 125 Å². The minimum absolute atomic E-state index is 0. The molecular formula is C72H94ClF3N9NaO14. The Hall–Kier alpha value is -7.36. The van der Waals surface area contributed by atoms with Crippen LogP contribution in [0.25, 0.3) is 32.7 Å². The zero-order chi connectivity index (χ0) is 70.8. The van der Waals surface area contributed by atoms with Crippen LogP contribution in [0.4, 0.5) is 39.8 Å². The number of aromatic nitrogens is 3. The van der Waals surface area contributed by atoms with Gasteiger partial charge < -0.3 is 74.7 Å². The Labute approximate surface area is 607 Å². The van der Waals surface area contributed by atoms with Gasteiger partial charge in [0.15, 0.2) is 0 Å². The van der Waals surface area contributed by atoms with Crippen molar-refractivity contribution >= 4 is 92.3 Å². The fraction of sp³-hybridized carbons (Fsp3) is 0.556. The molecule has 3 aliphatic carbocycles. The van der Waals surface area contributed by atoms with E-state index in [2.05, 4.69) is 10.6 Å². The summed E-state index contributed by atoms with van der Waals surface area (Å²) in [6, 6.07) is 7.80. The number of carbonyl (C=O) groups is 5. The second-order valence-corrected chi connectivity index (χ2v) is 29.2. The molecule has 3 aliphatic heterocycles. The normalized spacial score (nSPS) is 19.1. The number of carboxylic acids is 2. The van der Waals surface area contributed by atoms with Gasteiger partial charge in [0.25, 0.3) is 16.7 Å². The molecule has 3 aromatic carbocycles. The van der Waals surface area contributed by atoms with Crippen LogP contribution in [-0.2, 0) is 14.2 Å². The fourth-order valence-electron chi connectivity index (χ4n) is 14.3. The number of nitrogens with one attached hydrogen (secondary N) is 2. The number of ether oxygens (including phenoxy) is 3. The van der Waals surface area contributed by atoms with Crippen LogP contribution in [0.3, 0.4) is 0 Å². The third-order valence-corrected chi connectivity index (χ3v) is 19.4. The van der Waals surface area contributed by atoms with Crippen LogP contribution >= 0.6 is 12.4 Å². The molecule has 12 rings (SSSR count). The Bertz CT molecular complexity index is 4330. The number of fused-ring (bicyclic) bond motifs is 3. The molecule has 28 heteroatoms. The van der Waals surface area contributed by atoms with Crippen LogP contribution in [0.1, 0.15) is 193 Å². The number of esters is 1. The number of carboxylic acid groups (broad SMARTS) is 2. The van der Waals surface area contributed by atoms with E-state index in [4.69, 9.17) is 19.9 Å². The second kappa shape index (κ2) is 31.5. The molecule has 6 fully saturated rings. The monoisotopic (exact) mass is 1420 g/mol. The summed E-state index contributed by atoms with van der Waals surface area (Å²) >= 11 is 0. The van der Waals surface area contributed by atoms with Crippen LogP contribution in [0.2, 0.25) is 0 Å². The first-order valence-electron chi connectivity index (χ1n) is 33.9. The van der Waals surface area contributed by atoms with Crippen molar-refractivity contribution in [3.05, 3.63) is 118 Å². The van der Waals surface area contributed by atoms with Crippen molar-refractivity contribution in [3.8, 4) is 0 Å². The summed E-state index contributed by atoms with van der Waals surface area (Å²) in [6.45, 7) is 27.7. The first-order chi connectivity index (χ1) is 45.6. The number of anilines is 3. The first-order valence-corrected chi connectivity index (χ1v) is 33.9. The molecule has 0 radical (unpaired) electrons. The number of alkyl carbamates (subject to hydrolysis) is 2. The van der Waals surface area contributed by atoms with E-state index >= 15 is 13.2 Å². The zero-order valence-electron chi connectivity index (χ0n) is 59.6. The van der Waals surface area contributed by atoms with Gasteiger partial charge >= 0.3 is 59.7 Å². The van der Waals surface area contributed by atoms with Gasteiger partial charge in [-0.15, -0.1) is 12.4 Å². The SMILES string of the molecule is CCOC(=O)c1cc2cc(F)c(N3CC[C@H]([C@H](C)NC(=O)OC(C)(C)C)C3)c(C)c2n(C2CC2)c1=O.Cc1c(N2CC[C@H]([C@H](C)N)C2)c(F)cc2cc(C(=O)O)c(=O)n(C3CC3)c12.Cc1c(N2CC[C@H]([C@H](C)NC(=O)OC(C)(C)C)C2)c(F)cc2cc(C(=O)O)c(=O)n(C3CC3)c12.Cl.[Na+].[OH-]. The van der Waals surface area contributed by atoms with Crippen LogP contribution in [0.5, 0.6) is 0 Å². The third kappa shape index (κ3) is 17.2. The zero-order valence-corrected chi connectivity index (χ0v) is 62.4. The topological polar surface area (TPSA) is 309 Å². The van der Waals surface area contributed by atoms with Gasteiger partial charge in [0.1, 0.15) is 45.3 Å². The molecule has 6 heterocycles. The maximum absolute atomic E-state index is 15.6. The number of halogens is 4. The molecule has 0 unspecified atom stereocenters. The van der Waals surface area contributed by atoms with E-state index in [1.54, 1.807) is 43.8 Å².